The zero-order valence-electron chi connectivity index (χ0n) is 20.1. The molecule has 3 aromatic rings. The Bertz CT molecular complexity index is 1160. The van der Waals surface area contributed by atoms with Crippen LogP contribution in [0, 0.1) is 5.82 Å². The summed E-state index contributed by atoms with van der Waals surface area (Å²) >= 11 is 12.5. The highest BCUT2D eigenvalue weighted by Gasteiger charge is 2.31. The molecule has 5 nitrogen and oxygen atoms in total. The van der Waals surface area contributed by atoms with E-state index in [-0.39, 0.29) is 24.6 Å². The van der Waals surface area contributed by atoms with E-state index >= 15 is 0 Å². The molecule has 0 aliphatic rings. The predicted octanol–water partition coefficient (Wildman–Crippen LogP) is 6.07. The van der Waals surface area contributed by atoms with Gasteiger partial charge in [0.25, 0.3) is 5.91 Å². The van der Waals surface area contributed by atoms with Gasteiger partial charge in [-0.2, -0.15) is 0 Å². The largest absolute Gasteiger partial charge is 0.481 e. The van der Waals surface area contributed by atoms with Gasteiger partial charge in [-0.1, -0.05) is 85.1 Å². The summed E-state index contributed by atoms with van der Waals surface area (Å²) in [6.45, 7) is 2.13. The van der Waals surface area contributed by atoms with Crippen LogP contribution in [0.4, 0.5) is 4.39 Å². The maximum atomic E-state index is 14.1. The van der Waals surface area contributed by atoms with Crippen molar-refractivity contribution in [3.8, 4) is 5.75 Å². The summed E-state index contributed by atoms with van der Waals surface area (Å²) < 4.78 is 19.6. The molecular weight excluding hydrogens is 502 g/mol. The number of amides is 2. The van der Waals surface area contributed by atoms with Gasteiger partial charge in [-0.3, -0.25) is 9.59 Å². The van der Waals surface area contributed by atoms with Crippen molar-refractivity contribution in [1.29, 1.82) is 0 Å². The van der Waals surface area contributed by atoms with Crippen molar-refractivity contribution in [3.63, 3.8) is 0 Å². The monoisotopic (exact) mass is 530 g/mol. The molecule has 0 aliphatic heterocycles. The summed E-state index contributed by atoms with van der Waals surface area (Å²) in [5.41, 5.74) is 1.52. The summed E-state index contributed by atoms with van der Waals surface area (Å²) in [4.78, 5) is 28.3. The third-order valence-corrected chi connectivity index (χ3v) is 6.23. The first-order chi connectivity index (χ1) is 17.4. The summed E-state index contributed by atoms with van der Waals surface area (Å²) in [5.74, 6) is -1.37. The van der Waals surface area contributed by atoms with Crippen LogP contribution in [-0.2, 0) is 22.6 Å². The van der Waals surface area contributed by atoms with Gasteiger partial charge in [0.05, 0.1) is 0 Å². The van der Waals surface area contributed by atoms with E-state index in [1.165, 1.54) is 23.1 Å². The molecule has 0 fully saturated rings. The predicted molar refractivity (Wildman–Crippen MR) is 141 cm³/mol. The van der Waals surface area contributed by atoms with E-state index < -0.39 is 24.4 Å². The van der Waals surface area contributed by atoms with Crippen LogP contribution in [-0.4, -0.2) is 35.9 Å². The quantitative estimate of drug-likeness (QED) is 0.289. The maximum absolute atomic E-state index is 14.1. The molecule has 0 aromatic heterocycles. The topological polar surface area (TPSA) is 58.6 Å². The van der Waals surface area contributed by atoms with Crippen LogP contribution < -0.4 is 10.1 Å². The fourth-order valence-corrected chi connectivity index (χ4v) is 4.15. The lowest BCUT2D eigenvalue weighted by atomic mass is 10.0. The molecule has 0 aliphatic carbocycles. The Morgan fingerprint density at radius 1 is 1.03 bits per heavy atom. The number of para-hydroxylation sites is 1. The number of ether oxygens (including phenoxy) is 1. The Labute approximate surface area is 221 Å². The van der Waals surface area contributed by atoms with Gasteiger partial charge in [-0.15, -0.1) is 0 Å². The summed E-state index contributed by atoms with van der Waals surface area (Å²) in [7, 11) is 0. The molecule has 1 N–H and O–H groups in total. The van der Waals surface area contributed by atoms with Crippen LogP contribution in [0.1, 0.15) is 30.9 Å². The molecule has 0 spiro atoms. The standard InChI is InChI=1S/C28H29Cl2FN2O3/c1-2-3-15-32-28(35)25(16-20-9-5-4-6-10-20)33(18-21-13-14-22(29)17-23(21)30)27(34)19-36-26-12-8-7-11-24(26)31/h4-14,17,25H,2-3,15-16,18-19H2,1H3,(H,32,35)/t25-/m0/s1. The fraction of sp³-hybridized carbons (Fsp3) is 0.286. The average molecular weight is 531 g/mol. The average Bonchev–Trinajstić information content (AvgIpc) is 2.87. The van der Waals surface area contributed by atoms with Crippen LogP contribution in [0.3, 0.4) is 0 Å². The van der Waals surface area contributed by atoms with Gasteiger partial charge < -0.3 is 15.0 Å². The number of nitrogens with zero attached hydrogens (tertiary/aromatic N) is 1. The molecule has 0 unspecified atom stereocenters. The van der Waals surface area contributed by atoms with Gasteiger partial charge in [-0.25, -0.2) is 4.39 Å². The van der Waals surface area contributed by atoms with E-state index in [1.54, 1.807) is 24.3 Å². The lowest BCUT2D eigenvalue weighted by Crippen LogP contribution is -2.51. The van der Waals surface area contributed by atoms with Crippen LogP contribution in [0.5, 0.6) is 5.75 Å². The highest BCUT2D eigenvalue weighted by Crippen LogP contribution is 2.24. The number of unbranched alkanes of at least 4 members (excludes halogenated alkanes) is 1. The molecule has 8 heteroatoms. The molecule has 190 valence electrons. The smallest absolute Gasteiger partial charge is 0.261 e. The first-order valence-corrected chi connectivity index (χ1v) is 12.6. The van der Waals surface area contributed by atoms with E-state index in [0.29, 0.717) is 22.2 Å². The zero-order chi connectivity index (χ0) is 25.9. The Hall–Kier alpha value is -3.09. The Morgan fingerprint density at radius 2 is 1.75 bits per heavy atom. The van der Waals surface area contributed by atoms with Crippen LogP contribution in [0.2, 0.25) is 10.0 Å². The lowest BCUT2D eigenvalue weighted by Gasteiger charge is -2.31. The molecule has 0 radical (unpaired) electrons. The minimum absolute atomic E-state index is 0.0395. The van der Waals surface area contributed by atoms with Crippen LogP contribution >= 0.6 is 23.2 Å². The molecule has 0 saturated carbocycles. The Balaban J connectivity index is 1.92. The summed E-state index contributed by atoms with van der Waals surface area (Å²) in [6, 6.07) is 19.5. The summed E-state index contributed by atoms with van der Waals surface area (Å²) in [5, 5.41) is 3.78. The van der Waals surface area contributed by atoms with E-state index in [4.69, 9.17) is 27.9 Å². The van der Waals surface area contributed by atoms with Gasteiger partial charge in [0.2, 0.25) is 5.91 Å². The molecular formula is C28H29Cl2FN2O3. The number of carbonyl (C=O) groups excluding carboxylic acids is 2. The van der Waals surface area contributed by atoms with E-state index in [9.17, 15) is 14.0 Å². The van der Waals surface area contributed by atoms with E-state index in [1.807, 2.05) is 37.3 Å². The van der Waals surface area contributed by atoms with Crippen molar-refractivity contribution in [2.75, 3.05) is 13.2 Å². The first-order valence-electron chi connectivity index (χ1n) is 11.8. The minimum Gasteiger partial charge on any atom is -0.481 e. The number of halogens is 3. The third kappa shape index (κ3) is 7.97. The lowest BCUT2D eigenvalue weighted by molar-refractivity contribution is -0.142. The first kappa shape index (κ1) is 27.5. The zero-order valence-corrected chi connectivity index (χ0v) is 21.6. The molecule has 2 amide bonds. The number of hydrogen-bond acceptors (Lipinski definition) is 3. The van der Waals surface area contributed by atoms with Crippen LogP contribution in [0.15, 0.2) is 72.8 Å². The normalized spacial score (nSPS) is 11.6. The second kappa shape index (κ2) is 13.9. The number of benzene rings is 3. The third-order valence-electron chi connectivity index (χ3n) is 5.64. The Morgan fingerprint density at radius 3 is 2.44 bits per heavy atom. The second-order valence-corrected chi connectivity index (χ2v) is 9.17. The SMILES string of the molecule is CCCCNC(=O)[C@H](Cc1ccccc1)N(Cc1ccc(Cl)cc1Cl)C(=O)COc1ccccc1F. The number of hydrogen-bond donors (Lipinski definition) is 1. The molecule has 0 bridgehead atoms. The maximum Gasteiger partial charge on any atom is 0.261 e. The number of nitrogens with one attached hydrogen (secondary N) is 1. The van der Waals surface area contributed by atoms with Crippen molar-refractivity contribution in [2.45, 2.75) is 38.8 Å². The summed E-state index contributed by atoms with van der Waals surface area (Å²) in [6.07, 6.45) is 2.02. The molecule has 0 heterocycles. The molecule has 0 saturated heterocycles. The molecule has 3 rings (SSSR count). The number of rotatable bonds is 12. The minimum atomic E-state index is -0.840. The molecule has 36 heavy (non-hydrogen) atoms. The van der Waals surface area contributed by atoms with E-state index in [0.717, 1.165) is 18.4 Å². The van der Waals surface area contributed by atoms with Crippen molar-refractivity contribution in [2.24, 2.45) is 0 Å². The van der Waals surface area contributed by atoms with Gasteiger partial charge in [0.15, 0.2) is 18.2 Å². The van der Waals surface area contributed by atoms with Gasteiger partial charge >= 0.3 is 0 Å². The molecule has 1 atom stereocenters. The van der Waals surface area contributed by atoms with Gasteiger partial charge in [0, 0.05) is 29.6 Å². The highest BCUT2D eigenvalue weighted by atomic mass is 35.5. The van der Waals surface area contributed by atoms with Crippen LogP contribution in [0.25, 0.3) is 0 Å². The van der Waals surface area contributed by atoms with Gasteiger partial charge in [-0.05, 0) is 41.8 Å². The second-order valence-electron chi connectivity index (χ2n) is 8.33. The van der Waals surface area contributed by atoms with Crippen molar-refractivity contribution >= 4 is 35.0 Å². The van der Waals surface area contributed by atoms with Crippen molar-refractivity contribution in [3.05, 3.63) is 99.8 Å². The Kier molecular flexibility index (Phi) is 10.6. The fourth-order valence-electron chi connectivity index (χ4n) is 3.68. The number of carbonyl (C=O) groups is 2. The molecule has 3 aromatic carbocycles. The highest BCUT2D eigenvalue weighted by molar-refractivity contribution is 6.35. The van der Waals surface area contributed by atoms with Gasteiger partial charge in [0.1, 0.15) is 6.04 Å². The van der Waals surface area contributed by atoms with E-state index in [2.05, 4.69) is 5.32 Å². The van der Waals surface area contributed by atoms with Crippen molar-refractivity contribution in [1.82, 2.24) is 10.2 Å². The van der Waals surface area contributed by atoms with Crippen molar-refractivity contribution < 1.29 is 18.7 Å².